The van der Waals surface area contributed by atoms with E-state index in [1.807, 2.05) is 13.8 Å². The summed E-state index contributed by atoms with van der Waals surface area (Å²) in [6.45, 7) is 7.99. The van der Waals surface area contributed by atoms with Crippen LogP contribution in [0.15, 0.2) is 18.2 Å². The lowest BCUT2D eigenvalue weighted by molar-refractivity contribution is -0.135. The summed E-state index contributed by atoms with van der Waals surface area (Å²) in [7, 11) is 0. The molecular weight excluding hydrogens is 418 g/mol. The van der Waals surface area contributed by atoms with Crippen molar-refractivity contribution in [1.29, 1.82) is 0 Å². The molecule has 9 heteroatoms. The molecule has 1 saturated heterocycles. The number of carbonyl (C=O) groups excluding carboxylic acids is 2. The fourth-order valence-corrected chi connectivity index (χ4v) is 3.66. The number of hydrogen-bond acceptors (Lipinski definition) is 5. The van der Waals surface area contributed by atoms with Crippen LogP contribution in [0.5, 0.6) is 5.75 Å². The SMILES string of the molecule is CC[C@H](NC(=O)c1nc(C)c(C)nc1C)C(=O)N1CCC(Oc2ccc(F)cc2F)CC1. The standard InChI is InChI=1S/C23H28F2N4O3/c1-5-19(28-22(30)21-15(4)26-13(2)14(3)27-21)23(31)29-10-8-17(9-11-29)32-20-7-6-16(24)12-18(20)25/h6-7,12,17,19H,5,8-11H2,1-4H3,(H,28,30)/t19-/m0/s1. The van der Waals surface area contributed by atoms with Crippen LogP contribution >= 0.6 is 0 Å². The van der Waals surface area contributed by atoms with E-state index in [0.717, 1.165) is 17.8 Å². The molecule has 2 amide bonds. The molecule has 1 aromatic heterocycles. The van der Waals surface area contributed by atoms with Crippen molar-refractivity contribution in [3.05, 3.63) is 52.6 Å². The summed E-state index contributed by atoms with van der Waals surface area (Å²) < 4.78 is 32.5. The summed E-state index contributed by atoms with van der Waals surface area (Å²) in [5, 5.41) is 2.78. The number of nitrogens with zero attached hydrogens (tertiary/aromatic N) is 3. The van der Waals surface area contributed by atoms with Crippen molar-refractivity contribution < 1.29 is 23.1 Å². The van der Waals surface area contributed by atoms with Crippen LogP contribution in [0.4, 0.5) is 8.78 Å². The summed E-state index contributed by atoms with van der Waals surface area (Å²) in [5.74, 6) is -2.02. The highest BCUT2D eigenvalue weighted by molar-refractivity contribution is 5.96. The number of hydrogen-bond donors (Lipinski definition) is 1. The van der Waals surface area contributed by atoms with E-state index in [1.54, 1.807) is 18.7 Å². The molecular formula is C23H28F2N4O3. The second-order valence-electron chi connectivity index (χ2n) is 7.98. The van der Waals surface area contributed by atoms with E-state index in [0.29, 0.717) is 43.7 Å². The van der Waals surface area contributed by atoms with Crippen LogP contribution in [0.1, 0.15) is 53.8 Å². The zero-order chi connectivity index (χ0) is 23.4. The lowest BCUT2D eigenvalue weighted by atomic mass is 10.1. The lowest BCUT2D eigenvalue weighted by Gasteiger charge is -2.34. The Hall–Kier alpha value is -3.10. The molecule has 1 N–H and O–H groups in total. The van der Waals surface area contributed by atoms with E-state index in [1.165, 1.54) is 6.07 Å². The molecule has 0 radical (unpaired) electrons. The Morgan fingerprint density at radius 2 is 1.78 bits per heavy atom. The molecule has 172 valence electrons. The van der Waals surface area contributed by atoms with Crippen molar-refractivity contribution in [3.63, 3.8) is 0 Å². The second kappa shape index (κ2) is 10.0. The summed E-state index contributed by atoms with van der Waals surface area (Å²) in [5.41, 5.74) is 2.15. The number of rotatable bonds is 6. The first-order chi connectivity index (χ1) is 15.2. The van der Waals surface area contributed by atoms with Gasteiger partial charge >= 0.3 is 0 Å². The van der Waals surface area contributed by atoms with Gasteiger partial charge in [-0.1, -0.05) is 6.92 Å². The first-order valence-electron chi connectivity index (χ1n) is 10.7. The molecule has 2 heterocycles. The van der Waals surface area contributed by atoms with Crippen LogP contribution in [0.3, 0.4) is 0 Å². The molecule has 3 rings (SSSR count). The van der Waals surface area contributed by atoms with Crippen molar-refractivity contribution in [3.8, 4) is 5.75 Å². The van der Waals surface area contributed by atoms with Crippen LogP contribution in [0, 0.1) is 32.4 Å². The van der Waals surface area contributed by atoms with Crippen molar-refractivity contribution in [1.82, 2.24) is 20.2 Å². The third kappa shape index (κ3) is 5.38. The van der Waals surface area contributed by atoms with Gasteiger partial charge in [-0.25, -0.2) is 13.8 Å². The minimum Gasteiger partial charge on any atom is -0.487 e. The van der Waals surface area contributed by atoms with E-state index >= 15 is 0 Å². The first-order valence-corrected chi connectivity index (χ1v) is 10.7. The number of benzene rings is 1. The number of carbonyl (C=O) groups is 2. The highest BCUT2D eigenvalue weighted by atomic mass is 19.1. The van der Waals surface area contributed by atoms with Crippen LogP contribution < -0.4 is 10.1 Å². The molecule has 0 spiro atoms. The van der Waals surface area contributed by atoms with Gasteiger partial charge in [-0.3, -0.25) is 14.6 Å². The summed E-state index contributed by atoms with van der Waals surface area (Å²) in [6.07, 6.45) is 1.17. The molecule has 7 nitrogen and oxygen atoms in total. The average molecular weight is 446 g/mol. The van der Waals surface area contributed by atoms with E-state index in [-0.39, 0.29) is 23.5 Å². The number of amides is 2. The Balaban J connectivity index is 1.58. The number of aryl methyl sites for hydroxylation is 3. The van der Waals surface area contributed by atoms with Gasteiger partial charge in [0.25, 0.3) is 5.91 Å². The van der Waals surface area contributed by atoms with Crippen molar-refractivity contribution in [2.24, 2.45) is 0 Å². The van der Waals surface area contributed by atoms with E-state index < -0.39 is 23.6 Å². The molecule has 0 aliphatic carbocycles. The highest BCUT2D eigenvalue weighted by Crippen LogP contribution is 2.23. The second-order valence-corrected chi connectivity index (χ2v) is 7.98. The van der Waals surface area contributed by atoms with Crippen LogP contribution in [-0.4, -0.2) is 51.9 Å². The maximum absolute atomic E-state index is 13.8. The number of piperidine rings is 1. The van der Waals surface area contributed by atoms with Gasteiger partial charge in [0, 0.05) is 32.0 Å². The predicted octanol–water partition coefficient (Wildman–Crippen LogP) is 3.26. The van der Waals surface area contributed by atoms with Crippen molar-refractivity contribution in [2.45, 2.75) is 59.1 Å². The van der Waals surface area contributed by atoms with Gasteiger partial charge < -0.3 is 15.0 Å². The summed E-state index contributed by atoms with van der Waals surface area (Å²) in [4.78, 5) is 36.1. The Labute approximate surface area is 186 Å². The molecule has 1 aliphatic rings. The van der Waals surface area contributed by atoms with Crippen LogP contribution in [-0.2, 0) is 4.79 Å². The van der Waals surface area contributed by atoms with Gasteiger partial charge in [0.15, 0.2) is 11.6 Å². The number of aromatic nitrogens is 2. The quantitative estimate of drug-likeness (QED) is 0.736. The third-order valence-corrected chi connectivity index (χ3v) is 5.65. The molecule has 0 saturated carbocycles. The minimum absolute atomic E-state index is 0.000236. The summed E-state index contributed by atoms with van der Waals surface area (Å²) >= 11 is 0. The Morgan fingerprint density at radius 1 is 1.12 bits per heavy atom. The zero-order valence-corrected chi connectivity index (χ0v) is 18.7. The molecule has 32 heavy (non-hydrogen) atoms. The van der Waals surface area contributed by atoms with Gasteiger partial charge in [0.1, 0.15) is 23.7 Å². The topological polar surface area (TPSA) is 84.4 Å². The van der Waals surface area contributed by atoms with Crippen LogP contribution in [0.25, 0.3) is 0 Å². The first kappa shape index (κ1) is 23.6. The molecule has 0 unspecified atom stereocenters. The Morgan fingerprint density at radius 3 is 2.41 bits per heavy atom. The molecule has 1 atom stereocenters. The Kier molecular flexibility index (Phi) is 7.37. The van der Waals surface area contributed by atoms with Gasteiger partial charge in [-0.05, 0) is 39.3 Å². The maximum atomic E-state index is 13.8. The number of halogens is 2. The molecule has 1 aromatic carbocycles. The van der Waals surface area contributed by atoms with Gasteiger partial charge in [-0.2, -0.15) is 0 Å². The van der Waals surface area contributed by atoms with E-state index in [9.17, 15) is 18.4 Å². The average Bonchev–Trinajstić information content (AvgIpc) is 2.76. The molecule has 1 fully saturated rings. The summed E-state index contributed by atoms with van der Waals surface area (Å²) in [6, 6.07) is 2.51. The van der Waals surface area contributed by atoms with E-state index in [2.05, 4.69) is 15.3 Å². The fourth-order valence-electron chi connectivity index (χ4n) is 3.66. The maximum Gasteiger partial charge on any atom is 0.272 e. The molecule has 0 bridgehead atoms. The molecule has 2 aromatic rings. The fraction of sp³-hybridized carbons (Fsp3) is 0.478. The molecule has 1 aliphatic heterocycles. The number of likely N-dealkylation sites (tertiary alicyclic amines) is 1. The monoisotopic (exact) mass is 446 g/mol. The van der Waals surface area contributed by atoms with Crippen LogP contribution in [0.2, 0.25) is 0 Å². The Bertz CT molecular complexity index is 1010. The lowest BCUT2D eigenvalue weighted by Crippen LogP contribution is -2.51. The minimum atomic E-state index is -0.748. The van der Waals surface area contributed by atoms with Crippen molar-refractivity contribution >= 4 is 11.8 Å². The largest absolute Gasteiger partial charge is 0.487 e. The van der Waals surface area contributed by atoms with Gasteiger partial charge in [0.2, 0.25) is 5.91 Å². The van der Waals surface area contributed by atoms with Gasteiger partial charge in [-0.15, -0.1) is 0 Å². The number of nitrogens with one attached hydrogen (secondary N) is 1. The van der Waals surface area contributed by atoms with E-state index in [4.69, 9.17) is 4.74 Å². The normalized spacial score (nSPS) is 15.4. The number of ether oxygens (including phenoxy) is 1. The smallest absolute Gasteiger partial charge is 0.272 e. The highest BCUT2D eigenvalue weighted by Gasteiger charge is 2.30. The zero-order valence-electron chi connectivity index (χ0n) is 18.7. The predicted molar refractivity (Wildman–Crippen MR) is 114 cm³/mol. The van der Waals surface area contributed by atoms with Crippen molar-refractivity contribution in [2.75, 3.05) is 13.1 Å². The van der Waals surface area contributed by atoms with Gasteiger partial charge in [0.05, 0.1) is 17.1 Å². The third-order valence-electron chi connectivity index (χ3n) is 5.65.